The number of aryl methyl sites for hydroxylation is 2. The van der Waals surface area contributed by atoms with Crippen LogP contribution in [0, 0.1) is 13.8 Å². The lowest BCUT2D eigenvalue weighted by molar-refractivity contribution is -0.118. The van der Waals surface area contributed by atoms with Crippen molar-refractivity contribution in [3.05, 3.63) is 95.7 Å². The molecule has 1 heterocycles. The second-order valence-corrected chi connectivity index (χ2v) is 7.76. The molecule has 0 radical (unpaired) electrons. The van der Waals surface area contributed by atoms with Gasteiger partial charge in [-0.05, 0) is 25.5 Å². The Morgan fingerprint density at radius 3 is 2.29 bits per heavy atom. The highest BCUT2D eigenvalue weighted by Crippen LogP contribution is 2.34. The van der Waals surface area contributed by atoms with Crippen molar-refractivity contribution in [1.29, 1.82) is 0 Å². The quantitative estimate of drug-likeness (QED) is 0.406. The van der Waals surface area contributed by atoms with E-state index in [0.717, 1.165) is 39.6 Å². The van der Waals surface area contributed by atoms with E-state index < -0.39 is 0 Å². The first-order valence-electron chi connectivity index (χ1n) is 10.6. The van der Waals surface area contributed by atoms with Crippen LogP contribution in [0.5, 0.6) is 0 Å². The molecule has 4 rings (SSSR count). The number of carbonyl (C=O) groups excluding carboxylic acids is 1. The van der Waals surface area contributed by atoms with Gasteiger partial charge in [0.15, 0.2) is 0 Å². The second kappa shape index (κ2) is 9.00. The Kier molecular flexibility index (Phi) is 5.99. The van der Waals surface area contributed by atoms with Crippen molar-refractivity contribution < 1.29 is 4.79 Å². The number of para-hydroxylation sites is 1. The average molecular weight is 410 g/mol. The van der Waals surface area contributed by atoms with Crippen LogP contribution in [0.4, 0.5) is 5.69 Å². The molecule has 0 saturated heterocycles. The lowest BCUT2D eigenvalue weighted by Crippen LogP contribution is -2.30. The topological polar surface area (TPSA) is 49.0 Å². The zero-order chi connectivity index (χ0) is 21.8. The number of H-pyrrole nitrogens is 1. The van der Waals surface area contributed by atoms with Crippen molar-refractivity contribution in [1.82, 2.24) is 9.97 Å². The van der Waals surface area contributed by atoms with Gasteiger partial charge >= 0.3 is 0 Å². The van der Waals surface area contributed by atoms with Crippen LogP contribution < -0.4 is 4.90 Å². The molecule has 0 aliphatic carbocycles. The van der Waals surface area contributed by atoms with Crippen molar-refractivity contribution in [2.75, 3.05) is 4.90 Å². The molecule has 1 amide bonds. The van der Waals surface area contributed by atoms with Gasteiger partial charge in [-0.15, -0.1) is 0 Å². The SMILES string of the molecule is CCC(=O)N(Cc1ccc(C)cc1)c1ccccc1-c1nc(-c2ccccc2)[nH]c1C. The van der Waals surface area contributed by atoms with Crippen LogP contribution in [0.1, 0.15) is 30.2 Å². The monoisotopic (exact) mass is 409 g/mol. The number of imidazole rings is 1. The van der Waals surface area contributed by atoms with Gasteiger partial charge in [0.05, 0.1) is 17.9 Å². The first-order chi connectivity index (χ1) is 15.1. The maximum absolute atomic E-state index is 13.0. The minimum Gasteiger partial charge on any atom is -0.342 e. The summed E-state index contributed by atoms with van der Waals surface area (Å²) >= 11 is 0. The van der Waals surface area contributed by atoms with Crippen LogP contribution in [0.25, 0.3) is 22.6 Å². The van der Waals surface area contributed by atoms with E-state index in [4.69, 9.17) is 4.98 Å². The number of benzene rings is 3. The number of anilines is 1. The molecule has 4 nitrogen and oxygen atoms in total. The fourth-order valence-electron chi connectivity index (χ4n) is 3.74. The van der Waals surface area contributed by atoms with Crippen molar-refractivity contribution >= 4 is 11.6 Å². The summed E-state index contributed by atoms with van der Waals surface area (Å²) in [6.45, 7) is 6.52. The van der Waals surface area contributed by atoms with Crippen molar-refractivity contribution in [2.45, 2.75) is 33.7 Å². The van der Waals surface area contributed by atoms with Gasteiger partial charge in [-0.25, -0.2) is 4.98 Å². The molecule has 156 valence electrons. The molecule has 0 saturated carbocycles. The summed E-state index contributed by atoms with van der Waals surface area (Å²) in [5.74, 6) is 0.916. The van der Waals surface area contributed by atoms with Gasteiger partial charge in [0, 0.05) is 23.2 Å². The Morgan fingerprint density at radius 2 is 1.58 bits per heavy atom. The Labute approximate surface area is 183 Å². The van der Waals surface area contributed by atoms with E-state index >= 15 is 0 Å². The number of hydrogen-bond donors (Lipinski definition) is 1. The molecule has 0 fully saturated rings. The molecule has 0 aliphatic rings. The first-order valence-corrected chi connectivity index (χ1v) is 10.6. The first kappa shape index (κ1) is 20.6. The molecule has 3 aromatic carbocycles. The molecule has 0 atom stereocenters. The van der Waals surface area contributed by atoms with E-state index in [-0.39, 0.29) is 5.91 Å². The number of carbonyl (C=O) groups is 1. The van der Waals surface area contributed by atoms with E-state index in [1.165, 1.54) is 5.56 Å². The van der Waals surface area contributed by atoms with Gasteiger partial charge < -0.3 is 9.88 Å². The lowest BCUT2D eigenvalue weighted by atomic mass is 10.1. The minimum atomic E-state index is 0.0875. The molecule has 0 spiro atoms. The van der Waals surface area contributed by atoms with Crippen molar-refractivity contribution in [3.63, 3.8) is 0 Å². The molecule has 1 aromatic heterocycles. The van der Waals surface area contributed by atoms with Crippen LogP contribution in [0.15, 0.2) is 78.9 Å². The summed E-state index contributed by atoms with van der Waals surface area (Å²) in [5.41, 5.74) is 7.02. The molecular weight excluding hydrogens is 382 g/mol. The number of hydrogen-bond acceptors (Lipinski definition) is 2. The lowest BCUT2D eigenvalue weighted by Gasteiger charge is -2.25. The highest BCUT2D eigenvalue weighted by Gasteiger charge is 2.21. The largest absolute Gasteiger partial charge is 0.342 e. The third-order valence-corrected chi connectivity index (χ3v) is 5.45. The van der Waals surface area contributed by atoms with Gasteiger partial charge in [-0.2, -0.15) is 0 Å². The van der Waals surface area contributed by atoms with E-state index in [9.17, 15) is 4.79 Å². The van der Waals surface area contributed by atoms with E-state index in [1.807, 2.05) is 73.3 Å². The maximum Gasteiger partial charge on any atom is 0.227 e. The summed E-state index contributed by atoms with van der Waals surface area (Å²) in [6.07, 6.45) is 0.439. The summed E-state index contributed by atoms with van der Waals surface area (Å²) < 4.78 is 0. The molecule has 0 unspecified atom stereocenters. The summed E-state index contributed by atoms with van der Waals surface area (Å²) in [5, 5.41) is 0. The molecule has 1 N–H and O–H groups in total. The predicted octanol–water partition coefficient (Wildman–Crippen LogP) is 6.30. The van der Waals surface area contributed by atoms with Crippen LogP contribution in [0.3, 0.4) is 0 Å². The Morgan fingerprint density at radius 1 is 0.903 bits per heavy atom. The van der Waals surface area contributed by atoms with Gasteiger partial charge in [-0.1, -0.05) is 85.3 Å². The van der Waals surface area contributed by atoms with Crippen LogP contribution in [-0.2, 0) is 11.3 Å². The minimum absolute atomic E-state index is 0.0875. The number of rotatable bonds is 6. The van der Waals surface area contributed by atoms with Crippen LogP contribution in [0.2, 0.25) is 0 Å². The summed E-state index contributed by atoms with van der Waals surface area (Å²) in [6, 6.07) is 26.4. The number of nitrogens with zero attached hydrogens (tertiary/aromatic N) is 2. The standard InChI is InChI=1S/C27H27N3O/c1-4-25(31)30(18-21-16-14-19(2)15-17-21)24-13-9-8-12-23(24)26-20(3)28-27(29-26)22-10-6-5-7-11-22/h5-17H,4,18H2,1-3H3,(H,28,29). The Bertz CT molecular complexity index is 1180. The van der Waals surface area contributed by atoms with Gasteiger partial charge in [0.2, 0.25) is 5.91 Å². The van der Waals surface area contributed by atoms with Gasteiger partial charge in [0.1, 0.15) is 5.82 Å². The highest BCUT2D eigenvalue weighted by atomic mass is 16.2. The summed E-state index contributed by atoms with van der Waals surface area (Å²) in [7, 11) is 0. The third kappa shape index (κ3) is 4.43. The van der Waals surface area contributed by atoms with Gasteiger partial charge in [0.25, 0.3) is 0 Å². The normalized spacial score (nSPS) is 10.8. The molecular formula is C27H27N3O. The second-order valence-electron chi connectivity index (χ2n) is 7.76. The van der Waals surface area contributed by atoms with E-state index in [1.54, 1.807) is 0 Å². The molecule has 4 aromatic rings. The van der Waals surface area contributed by atoms with E-state index in [2.05, 4.69) is 36.2 Å². The fourth-order valence-corrected chi connectivity index (χ4v) is 3.74. The zero-order valence-corrected chi connectivity index (χ0v) is 18.2. The fraction of sp³-hybridized carbons (Fsp3) is 0.185. The van der Waals surface area contributed by atoms with Gasteiger partial charge in [-0.3, -0.25) is 4.79 Å². The third-order valence-electron chi connectivity index (χ3n) is 5.45. The van der Waals surface area contributed by atoms with Crippen molar-refractivity contribution in [2.24, 2.45) is 0 Å². The molecule has 31 heavy (non-hydrogen) atoms. The van der Waals surface area contributed by atoms with Crippen LogP contribution >= 0.6 is 0 Å². The Balaban J connectivity index is 1.77. The average Bonchev–Trinajstić information content (AvgIpc) is 3.20. The van der Waals surface area contributed by atoms with Crippen LogP contribution in [-0.4, -0.2) is 15.9 Å². The summed E-state index contributed by atoms with van der Waals surface area (Å²) in [4.78, 5) is 23.2. The maximum atomic E-state index is 13.0. The number of amides is 1. The Hall–Kier alpha value is -3.66. The van der Waals surface area contributed by atoms with Crippen molar-refractivity contribution in [3.8, 4) is 22.6 Å². The molecule has 4 heteroatoms. The number of aromatic nitrogens is 2. The molecule has 0 aliphatic heterocycles. The highest BCUT2D eigenvalue weighted by molar-refractivity contribution is 5.97. The molecule has 0 bridgehead atoms. The predicted molar refractivity (Wildman–Crippen MR) is 127 cm³/mol. The number of nitrogens with one attached hydrogen (secondary N) is 1. The smallest absolute Gasteiger partial charge is 0.227 e. The number of aromatic amines is 1. The zero-order valence-electron chi connectivity index (χ0n) is 18.2. The van der Waals surface area contributed by atoms with E-state index in [0.29, 0.717) is 13.0 Å².